The van der Waals surface area contributed by atoms with E-state index in [1.807, 2.05) is 11.9 Å². The summed E-state index contributed by atoms with van der Waals surface area (Å²) in [7, 11) is 3.13. The van der Waals surface area contributed by atoms with Crippen LogP contribution in [0.2, 0.25) is 0 Å². The van der Waals surface area contributed by atoms with Gasteiger partial charge in [-0.3, -0.25) is 4.90 Å². The molecule has 0 radical (unpaired) electrons. The van der Waals surface area contributed by atoms with Gasteiger partial charge in [0, 0.05) is 6.54 Å². The number of nitrogens with zero attached hydrogens (tertiary/aromatic N) is 1. The molecule has 0 bridgehead atoms. The molecule has 1 heterocycles. The van der Waals surface area contributed by atoms with E-state index in [1.54, 1.807) is 13.0 Å². The number of esters is 1. The molecule has 1 aromatic heterocycles. The molecule has 0 spiro atoms. The lowest BCUT2D eigenvalue weighted by molar-refractivity contribution is 0.0598. The highest BCUT2D eigenvalue weighted by atomic mass is 19.1. The molecule has 136 valence electrons. The second-order valence-corrected chi connectivity index (χ2v) is 5.79. The predicted octanol–water partition coefficient (Wildman–Crippen LogP) is 2.39. The van der Waals surface area contributed by atoms with Crippen LogP contribution in [0.15, 0.2) is 34.7 Å². The van der Waals surface area contributed by atoms with E-state index < -0.39 is 12.1 Å². The van der Waals surface area contributed by atoms with Crippen LogP contribution in [-0.4, -0.2) is 49.4 Å². The van der Waals surface area contributed by atoms with Crippen molar-refractivity contribution in [1.29, 1.82) is 0 Å². The van der Waals surface area contributed by atoms with Crippen molar-refractivity contribution in [3.8, 4) is 5.75 Å². The minimum absolute atomic E-state index is 0.0839. The van der Waals surface area contributed by atoms with Crippen LogP contribution in [0.1, 0.15) is 21.9 Å². The van der Waals surface area contributed by atoms with E-state index in [9.17, 15) is 14.3 Å². The van der Waals surface area contributed by atoms with Gasteiger partial charge < -0.3 is 19.0 Å². The molecule has 0 saturated heterocycles. The number of hydrogen-bond acceptors (Lipinski definition) is 6. The Morgan fingerprint density at radius 2 is 2.04 bits per heavy atom. The van der Waals surface area contributed by atoms with Crippen LogP contribution in [0.3, 0.4) is 0 Å². The third-order valence-electron chi connectivity index (χ3n) is 3.58. The fraction of sp³-hybridized carbons (Fsp3) is 0.389. The van der Waals surface area contributed by atoms with Crippen LogP contribution < -0.4 is 4.74 Å². The van der Waals surface area contributed by atoms with Crippen molar-refractivity contribution < 1.29 is 28.2 Å². The highest BCUT2D eigenvalue weighted by molar-refractivity contribution is 5.90. The van der Waals surface area contributed by atoms with E-state index in [-0.39, 0.29) is 12.4 Å². The number of methoxy groups -OCH3 is 1. The molecule has 1 N–H and O–H groups in total. The molecule has 0 amide bonds. The summed E-state index contributed by atoms with van der Waals surface area (Å²) in [6.07, 6.45) is -0.730. The first-order valence-corrected chi connectivity index (χ1v) is 7.81. The van der Waals surface area contributed by atoms with E-state index in [1.165, 1.54) is 31.4 Å². The SMILES string of the molecule is COC(=O)c1cc(CN(C)CC(O)COc2ccc(F)cc2)oc1C. The Balaban J connectivity index is 1.82. The number of carbonyl (C=O) groups is 1. The Morgan fingerprint density at radius 3 is 2.68 bits per heavy atom. The molecule has 1 aromatic carbocycles. The number of carbonyl (C=O) groups excluding carboxylic acids is 1. The molecular weight excluding hydrogens is 329 g/mol. The second-order valence-electron chi connectivity index (χ2n) is 5.79. The summed E-state index contributed by atoms with van der Waals surface area (Å²) in [4.78, 5) is 13.4. The number of furan rings is 1. The molecule has 1 atom stereocenters. The maximum Gasteiger partial charge on any atom is 0.341 e. The number of aliphatic hydroxyl groups excluding tert-OH is 1. The third kappa shape index (κ3) is 5.58. The van der Waals surface area contributed by atoms with Crippen molar-refractivity contribution in [3.05, 3.63) is 53.2 Å². The zero-order chi connectivity index (χ0) is 18.4. The molecule has 2 aromatic rings. The lowest BCUT2D eigenvalue weighted by atomic mass is 10.2. The maximum atomic E-state index is 12.8. The number of hydrogen-bond donors (Lipinski definition) is 1. The van der Waals surface area contributed by atoms with Crippen molar-refractivity contribution in [2.45, 2.75) is 19.6 Å². The highest BCUT2D eigenvalue weighted by Crippen LogP contribution is 2.17. The number of benzene rings is 1. The first kappa shape index (κ1) is 19.0. The number of aliphatic hydroxyl groups is 1. The zero-order valence-electron chi connectivity index (χ0n) is 14.5. The maximum absolute atomic E-state index is 12.8. The fourth-order valence-corrected chi connectivity index (χ4v) is 2.40. The third-order valence-corrected chi connectivity index (χ3v) is 3.58. The lowest BCUT2D eigenvalue weighted by Gasteiger charge is -2.19. The van der Waals surface area contributed by atoms with Crippen molar-refractivity contribution in [3.63, 3.8) is 0 Å². The van der Waals surface area contributed by atoms with Gasteiger partial charge in [-0.05, 0) is 44.3 Å². The monoisotopic (exact) mass is 351 g/mol. The van der Waals surface area contributed by atoms with Gasteiger partial charge in [0.25, 0.3) is 0 Å². The molecule has 25 heavy (non-hydrogen) atoms. The van der Waals surface area contributed by atoms with Crippen LogP contribution in [0.4, 0.5) is 4.39 Å². The number of ether oxygens (including phenoxy) is 2. The first-order valence-electron chi connectivity index (χ1n) is 7.81. The topological polar surface area (TPSA) is 72.1 Å². The number of rotatable bonds is 8. The average molecular weight is 351 g/mol. The Hall–Kier alpha value is -2.38. The van der Waals surface area contributed by atoms with Gasteiger partial charge in [-0.15, -0.1) is 0 Å². The normalized spacial score (nSPS) is 12.2. The molecule has 0 saturated carbocycles. The molecule has 0 aliphatic rings. The molecule has 2 rings (SSSR count). The van der Waals surface area contributed by atoms with Crippen molar-refractivity contribution in [1.82, 2.24) is 4.90 Å². The summed E-state index contributed by atoms with van der Waals surface area (Å²) in [6.45, 7) is 2.54. The van der Waals surface area contributed by atoms with Crippen molar-refractivity contribution >= 4 is 5.97 Å². The van der Waals surface area contributed by atoms with Crippen LogP contribution >= 0.6 is 0 Å². The molecule has 0 aliphatic heterocycles. The van der Waals surface area contributed by atoms with Crippen LogP contribution in [0.25, 0.3) is 0 Å². The molecule has 0 aliphatic carbocycles. The first-order chi connectivity index (χ1) is 11.9. The van der Waals surface area contributed by atoms with Crippen LogP contribution in [-0.2, 0) is 11.3 Å². The highest BCUT2D eigenvalue weighted by Gasteiger charge is 2.17. The zero-order valence-corrected chi connectivity index (χ0v) is 14.5. The summed E-state index contributed by atoms with van der Waals surface area (Å²) in [5.41, 5.74) is 0.395. The van der Waals surface area contributed by atoms with Crippen LogP contribution in [0.5, 0.6) is 5.75 Å². The molecule has 6 nitrogen and oxygen atoms in total. The van der Waals surface area contributed by atoms with E-state index in [0.717, 1.165) is 0 Å². The molecule has 0 fully saturated rings. The van der Waals surface area contributed by atoms with Gasteiger partial charge in [0.1, 0.15) is 41.4 Å². The van der Waals surface area contributed by atoms with Gasteiger partial charge >= 0.3 is 5.97 Å². The Labute approximate surface area is 145 Å². The summed E-state index contributed by atoms with van der Waals surface area (Å²) in [5.74, 6) is 0.811. The summed E-state index contributed by atoms with van der Waals surface area (Å²) >= 11 is 0. The standard InChI is InChI=1S/C18H22FNO5/c1-12-17(18(22)23-3)8-16(25-12)10-20(2)9-14(21)11-24-15-6-4-13(19)5-7-15/h4-8,14,21H,9-11H2,1-3H3. The minimum atomic E-state index is -0.730. The Kier molecular flexibility index (Phi) is 6.55. The molecule has 1 unspecified atom stereocenters. The predicted molar refractivity (Wildman–Crippen MR) is 89.0 cm³/mol. The van der Waals surface area contributed by atoms with E-state index >= 15 is 0 Å². The molecule has 7 heteroatoms. The van der Waals surface area contributed by atoms with Crippen molar-refractivity contribution in [2.24, 2.45) is 0 Å². The van der Waals surface area contributed by atoms with Gasteiger partial charge in [0.05, 0.1) is 13.7 Å². The van der Waals surface area contributed by atoms with Gasteiger partial charge in [0.2, 0.25) is 0 Å². The Morgan fingerprint density at radius 1 is 1.36 bits per heavy atom. The number of likely N-dealkylation sites (N-methyl/N-ethyl adjacent to an activating group) is 1. The summed E-state index contributed by atoms with van der Waals surface area (Å²) in [6, 6.07) is 7.24. The Bertz CT molecular complexity index is 698. The smallest absolute Gasteiger partial charge is 0.341 e. The van der Waals surface area contributed by atoms with Gasteiger partial charge in [-0.2, -0.15) is 0 Å². The van der Waals surface area contributed by atoms with E-state index in [4.69, 9.17) is 9.15 Å². The molecular formula is C18H22FNO5. The fourth-order valence-electron chi connectivity index (χ4n) is 2.40. The van der Waals surface area contributed by atoms with Gasteiger partial charge in [0.15, 0.2) is 0 Å². The summed E-state index contributed by atoms with van der Waals surface area (Å²) < 4.78 is 28.5. The number of aryl methyl sites for hydroxylation is 1. The van der Waals surface area contributed by atoms with Crippen LogP contribution in [0, 0.1) is 12.7 Å². The van der Waals surface area contributed by atoms with Crippen molar-refractivity contribution in [2.75, 3.05) is 27.3 Å². The minimum Gasteiger partial charge on any atom is -0.491 e. The quantitative estimate of drug-likeness (QED) is 0.736. The average Bonchev–Trinajstić information content (AvgIpc) is 2.93. The van der Waals surface area contributed by atoms with Gasteiger partial charge in [-0.25, -0.2) is 9.18 Å². The second kappa shape index (κ2) is 8.64. The van der Waals surface area contributed by atoms with E-state index in [0.29, 0.717) is 35.9 Å². The van der Waals surface area contributed by atoms with Gasteiger partial charge in [-0.1, -0.05) is 0 Å². The van der Waals surface area contributed by atoms with E-state index in [2.05, 4.69) is 4.74 Å². The summed E-state index contributed by atoms with van der Waals surface area (Å²) in [5, 5.41) is 10.1. The number of halogens is 1. The lowest BCUT2D eigenvalue weighted by Crippen LogP contribution is -2.32. The largest absolute Gasteiger partial charge is 0.491 e.